The molecule has 6 rings (SSSR count). The Morgan fingerprint density at radius 1 is 0.446 bits per heavy atom. The van der Waals surface area contributed by atoms with E-state index in [1.807, 2.05) is 30.3 Å². The van der Waals surface area contributed by atoms with E-state index in [0.717, 1.165) is 67.7 Å². The molecule has 4 N–H and O–H groups in total. The predicted molar refractivity (Wildman–Crippen MR) is 345 cm³/mol. The van der Waals surface area contributed by atoms with Crippen LogP contribution in [0.2, 0.25) is 0 Å². The number of ether oxygens (including phenoxy) is 18. The van der Waals surface area contributed by atoms with Gasteiger partial charge in [-0.2, -0.15) is 0 Å². The summed E-state index contributed by atoms with van der Waals surface area (Å²) >= 11 is 2.47. The Morgan fingerprint density at radius 2 is 0.842 bits per heavy atom. The Bertz CT molecular complexity index is 2910. The highest BCUT2D eigenvalue weighted by molar-refractivity contribution is 8.13. The largest absolute Gasteiger partial charge is 0.463 e. The van der Waals surface area contributed by atoms with E-state index < -0.39 is 208 Å². The molecule has 21 atom stereocenters. The second-order valence-corrected chi connectivity index (χ2v) is 26.3. The lowest BCUT2D eigenvalue weighted by Crippen LogP contribution is -2.70. The van der Waals surface area contributed by atoms with Crippen LogP contribution in [0.25, 0.3) is 0 Å². The van der Waals surface area contributed by atoms with Gasteiger partial charge >= 0.3 is 47.8 Å². The molecule has 0 bridgehead atoms. The van der Waals surface area contributed by atoms with Crippen molar-refractivity contribution in [1.29, 1.82) is 0 Å². The van der Waals surface area contributed by atoms with Crippen LogP contribution in [0, 0.1) is 0 Å². The van der Waals surface area contributed by atoms with Gasteiger partial charge in [0.05, 0.1) is 13.2 Å². The Kier molecular flexibility index (Phi) is 36.2. The number of esters is 8. The van der Waals surface area contributed by atoms with E-state index in [0.29, 0.717) is 36.3 Å². The lowest BCUT2D eigenvalue weighted by atomic mass is 9.94. The van der Waals surface area contributed by atoms with Crippen LogP contribution in [-0.2, 0) is 143 Å². The third-order valence-electron chi connectivity index (χ3n) is 15.2. The summed E-state index contributed by atoms with van der Waals surface area (Å²) in [4.78, 5) is 145. The van der Waals surface area contributed by atoms with Gasteiger partial charge in [0.2, 0.25) is 11.8 Å². The molecule has 101 heavy (non-hydrogen) atoms. The molecule has 9 unspecified atom stereocenters. The number of amides is 2. The molecule has 5 heterocycles. The zero-order valence-corrected chi connectivity index (χ0v) is 60.0. The molecular weight excluding hydrogens is 1380 g/mol. The fourth-order valence-corrected chi connectivity index (χ4v) is 12.6. The first-order valence-corrected chi connectivity index (χ1v) is 34.7. The van der Waals surface area contributed by atoms with Gasteiger partial charge in [0.15, 0.2) is 78.3 Å². The fourth-order valence-electron chi connectivity index (χ4n) is 11.3. The number of hydrogen-bond donors (Lipinski definition) is 4. The summed E-state index contributed by atoms with van der Waals surface area (Å²) in [5.41, 5.74) is 0.694. The van der Waals surface area contributed by atoms with Gasteiger partial charge in [0.25, 0.3) is 0 Å². The number of nitrogens with one attached hydrogen (secondary N) is 2. The molecule has 2 amide bonds. The number of aliphatic hydroxyl groups is 2. The summed E-state index contributed by atoms with van der Waals surface area (Å²) in [6, 6.07) is 6.83. The molecule has 0 aliphatic carbocycles. The molecular formula is C65H94N2O32S2. The summed E-state index contributed by atoms with van der Waals surface area (Å²) in [5, 5.41) is 26.8. The van der Waals surface area contributed by atoms with Crippen molar-refractivity contribution in [3.05, 3.63) is 35.9 Å². The number of aliphatic hydroxyl groups excluding tert-OH is 2. The smallest absolute Gasteiger partial charge is 0.303 e. The third kappa shape index (κ3) is 28.2. The number of thioether (sulfide) groups is 2. The molecule has 0 saturated carbocycles. The number of benzene rings is 1. The molecule has 0 aromatic heterocycles. The maximum absolute atomic E-state index is 12.7. The normalized spacial score (nSPS) is 30.5. The monoisotopic (exact) mass is 1480 g/mol. The zero-order chi connectivity index (χ0) is 74.6. The van der Waals surface area contributed by atoms with Crippen molar-refractivity contribution in [2.24, 2.45) is 0 Å². The van der Waals surface area contributed by atoms with Crippen LogP contribution in [-0.4, -0.2) is 254 Å². The predicted octanol–water partition coefficient (Wildman–Crippen LogP) is 1.77. The maximum Gasteiger partial charge on any atom is 0.303 e. The Labute approximate surface area is 592 Å². The van der Waals surface area contributed by atoms with Crippen LogP contribution in [0.15, 0.2) is 30.3 Å². The fraction of sp³-hybridized carbons (Fsp3) is 0.723. The molecule has 0 spiro atoms. The first kappa shape index (κ1) is 85.1. The molecule has 5 aliphatic rings. The molecule has 568 valence electrons. The van der Waals surface area contributed by atoms with E-state index in [1.54, 1.807) is 0 Å². The van der Waals surface area contributed by atoms with Crippen molar-refractivity contribution >= 4 is 93.3 Å². The summed E-state index contributed by atoms with van der Waals surface area (Å²) in [5.74, 6) is -6.04. The Morgan fingerprint density at radius 3 is 1.25 bits per heavy atom. The summed E-state index contributed by atoms with van der Waals surface area (Å²) < 4.78 is 105. The quantitative estimate of drug-likeness (QED) is 0.0453. The number of rotatable bonds is 32. The minimum Gasteiger partial charge on any atom is -0.463 e. The standard InChI is InChI=1S/C36H49NO16S.C29H45NO16S/c1-19(38)37-28-31(53-36-33(49-23(5)42)32(48-22(4)41)30(47-21(3)40)26(51-36)17-45-20(2)39)29-27(18-46-34(52-29)25-13-9-7-10-14-25)50-35(28)44-15-11-8-12-16-54-24(6)43;1-14(32)30-22-25(23(38)20(12-31)44-28(22)39-10-8-7-9-11-47-19(6)37)46-29-27(43-18(5)36)26(42-17(4)35)24(41-16(3)34)21(45-29)13-40-15(2)33/h7,9-10,13-14,26-36H,8,11-12,15-18H2,1-6H3,(H,37,38);20-29,31,38H,7-13H2,1-6H3,(H,30,32)/t26?,27?,28?,29-,30-,31+,32-,33?,34?,35+,36-;20?,21?,22?,23-,24-,25+,26-,27?,28+,29-/m00/s1. The van der Waals surface area contributed by atoms with Gasteiger partial charge in [-0.3, -0.25) is 57.5 Å². The highest BCUT2D eigenvalue weighted by Gasteiger charge is 2.59. The molecule has 5 fully saturated rings. The van der Waals surface area contributed by atoms with Crippen LogP contribution in [0.4, 0.5) is 0 Å². The van der Waals surface area contributed by atoms with Gasteiger partial charge in [-0.05, 0) is 25.7 Å². The molecule has 1 aromatic rings. The van der Waals surface area contributed by atoms with Crippen LogP contribution < -0.4 is 10.6 Å². The van der Waals surface area contributed by atoms with Crippen molar-refractivity contribution in [3.8, 4) is 0 Å². The van der Waals surface area contributed by atoms with E-state index in [9.17, 15) is 67.7 Å². The first-order valence-electron chi connectivity index (χ1n) is 32.8. The van der Waals surface area contributed by atoms with E-state index in [4.69, 9.17) is 85.3 Å². The number of carbonyl (C=O) groups excluding carboxylic acids is 12. The maximum atomic E-state index is 12.7. The van der Waals surface area contributed by atoms with Crippen molar-refractivity contribution in [1.82, 2.24) is 10.6 Å². The lowest BCUT2D eigenvalue weighted by molar-refractivity contribution is -0.378. The second kappa shape index (κ2) is 42.9. The van der Waals surface area contributed by atoms with Gasteiger partial charge in [-0.15, -0.1) is 0 Å². The van der Waals surface area contributed by atoms with E-state index >= 15 is 0 Å². The zero-order valence-electron chi connectivity index (χ0n) is 58.4. The number of hydrogen-bond acceptors (Lipinski definition) is 34. The van der Waals surface area contributed by atoms with Crippen LogP contribution >= 0.6 is 23.5 Å². The average Bonchev–Trinajstić information content (AvgIpc) is 0.767. The van der Waals surface area contributed by atoms with Gasteiger partial charge in [-0.25, -0.2) is 0 Å². The van der Waals surface area contributed by atoms with Crippen LogP contribution in [0.5, 0.6) is 0 Å². The van der Waals surface area contributed by atoms with Gasteiger partial charge in [0, 0.05) is 113 Å². The second-order valence-electron chi connectivity index (χ2n) is 23.8. The lowest BCUT2D eigenvalue weighted by Gasteiger charge is -2.51. The van der Waals surface area contributed by atoms with Crippen molar-refractivity contribution in [3.63, 3.8) is 0 Å². The average molecular weight is 1480 g/mol. The summed E-state index contributed by atoms with van der Waals surface area (Å²) in [6.07, 6.45) is -21.2. The van der Waals surface area contributed by atoms with Gasteiger partial charge in [-0.1, -0.05) is 66.7 Å². The number of unbranched alkanes of at least 4 members (excludes halogenated alkanes) is 4. The van der Waals surface area contributed by atoms with Gasteiger partial charge in [0.1, 0.15) is 74.1 Å². The number of fused-ring (bicyclic) bond motifs is 1. The summed E-state index contributed by atoms with van der Waals surface area (Å²) in [6.45, 7) is 13.1. The Balaban J connectivity index is 0.000000368. The van der Waals surface area contributed by atoms with Crippen molar-refractivity contribution < 1.29 is 153 Å². The first-order chi connectivity index (χ1) is 47.9. The summed E-state index contributed by atoms with van der Waals surface area (Å²) in [7, 11) is 0. The highest BCUT2D eigenvalue weighted by atomic mass is 32.2. The number of carbonyl (C=O) groups is 12. The van der Waals surface area contributed by atoms with Crippen LogP contribution in [0.3, 0.4) is 0 Å². The molecule has 34 nitrogen and oxygen atoms in total. The molecule has 36 heteroatoms. The van der Waals surface area contributed by atoms with E-state index in [2.05, 4.69) is 10.6 Å². The van der Waals surface area contributed by atoms with Crippen LogP contribution in [0.1, 0.15) is 133 Å². The minimum absolute atomic E-state index is 0.0197. The van der Waals surface area contributed by atoms with Crippen molar-refractivity contribution in [2.75, 3.05) is 51.1 Å². The van der Waals surface area contributed by atoms with Crippen molar-refractivity contribution in [2.45, 2.75) is 251 Å². The topological polar surface area (TPSA) is 436 Å². The molecule has 5 saturated heterocycles. The Hall–Kier alpha value is -6.52. The van der Waals surface area contributed by atoms with Gasteiger partial charge < -0.3 is 106 Å². The molecule has 0 radical (unpaired) electrons. The minimum atomic E-state index is -1.69. The third-order valence-corrected chi connectivity index (χ3v) is 17.0. The highest BCUT2D eigenvalue weighted by Crippen LogP contribution is 2.40. The van der Waals surface area contributed by atoms with E-state index in [1.165, 1.54) is 58.1 Å². The molecule has 1 aromatic carbocycles. The van der Waals surface area contributed by atoms with E-state index in [-0.39, 0.29) is 30.1 Å². The molecule has 5 aliphatic heterocycles. The SMILES string of the molecule is CC(=O)NC1[C@H](OCCCCCSC(C)=O)OC(CO)[C@H](O)[C@@H]1O[C@@H]1OC(COC(C)=O)[C@H](OC(C)=O)[C@H](OC(C)=O)C1OC(C)=O.CC(=O)NC1[C@H](OCCCCCSC(C)=O)OC2COC(c3ccccc3)O[C@@H]2[C@@H]1O[C@@H]1OC(COC(C)=O)[C@H](OC(C)=O)[C@H](OC(C)=O)C1OC(C)=O.